The van der Waals surface area contributed by atoms with Gasteiger partial charge in [0.05, 0.1) is 5.69 Å². The minimum atomic E-state index is -0.169. The van der Waals surface area contributed by atoms with Gasteiger partial charge in [-0.05, 0) is 45.5 Å². The van der Waals surface area contributed by atoms with Crippen LogP contribution in [0.15, 0.2) is 22.7 Å². The van der Waals surface area contributed by atoms with Crippen molar-refractivity contribution >= 4 is 21.6 Å². The number of hydrogen-bond donors (Lipinski definition) is 0. The minimum absolute atomic E-state index is 0.169. The van der Waals surface area contributed by atoms with Gasteiger partial charge in [0, 0.05) is 17.6 Å². The van der Waals surface area contributed by atoms with E-state index in [4.69, 9.17) is 0 Å². The van der Waals surface area contributed by atoms with Crippen molar-refractivity contribution in [3.63, 3.8) is 0 Å². The number of anilines is 1. The predicted octanol–water partition coefficient (Wildman–Crippen LogP) is 4.07. The van der Waals surface area contributed by atoms with Gasteiger partial charge in [-0.2, -0.15) is 0 Å². The minimum Gasteiger partial charge on any atom is -0.370 e. The molecule has 0 atom stereocenters. The second-order valence-corrected chi connectivity index (χ2v) is 6.42. The van der Waals surface area contributed by atoms with Crippen LogP contribution in [0.2, 0.25) is 0 Å². The van der Waals surface area contributed by atoms with Crippen molar-refractivity contribution in [3.05, 3.63) is 28.5 Å². The molecule has 2 rings (SSSR count). The first-order valence-electron chi connectivity index (χ1n) is 5.58. The van der Waals surface area contributed by atoms with E-state index in [0.717, 1.165) is 23.2 Å². The molecule has 0 unspecified atom stereocenters. The molecule has 1 aliphatic heterocycles. The van der Waals surface area contributed by atoms with E-state index < -0.39 is 0 Å². The number of nitrogens with zero attached hydrogens (tertiary/aromatic N) is 1. The monoisotopic (exact) mass is 285 g/mol. The highest BCUT2D eigenvalue weighted by Crippen LogP contribution is 2.38. The van der Waals surface area contributed by atoms with E-state index >= 15 is 0 Å². The highest BCUT2D eigenvalue weighted by molar-refractivity contribution is 9.10. The average Bonchev–Trinajstić information content (AvgIpc) is 2.06. The van der Waals surface area contributed by atoms with Crippen molar-refractivity contribution in [2.24, 2.45) is 11.3 Å². The van der Waals surface area contributed by atoms with E-state index in [1.165, 1.54) is 6.07 Å². The first-order valence-corrected chi connectivity index (χ1v) is 6.37. The summed E-state index contributed by atoms with van der Waals surface area (Å²) in [5.41, 5.74) is 1.32. The average molecular weight is 286 g/mol. The molecular weight excluding hydrogens is 269 g/mol. The Balaban J connectivity index is 2.09. The molecular formula is C13H17BrFN. The van der Waals surface area contributed by atoms with Crippen molar-refractivity contribution in [2.75, 3.05) is 18.0 Å². The van der Waals surface area contributed by atoms with Crippen LogP contribution in [0.4, 0.5) is 10.1 Å². The summed E-state index contributed by atoms with van der Waals surface area (Å²) in [4.78, 5) is 2.23. The molecule has 1 aromatic rings. The lowest BCUT2D eigenvalue weighted by molar-refractivity contribution is 0.195. The zero-order valence-electron chi connectivity index (χ0n) is 9.93. The molecule has 0 aromatic heterocycles. The fourth-order valence-corrected chi connectivity index (χ4v) is 2.45. The molecule has 0 amide bonds. The first kappa shape index (κ1) is 11.9. The molecule has 16 heavy (non-hydrogen) atoms. The van der Waals surface area contributed by atoms with Crippen LogP contribution in [-0.4, -0.2) is 13.1 Å². The van der Waals surface area contributed by atoms with E-state index in [-0.39, 0.29) is 5.82 Å². The quantitative estimate of drug-likeness (QED) is 0.752. The molecule has 1 nitrogen and oxygen atoms in total. The third kappa shape index (κ3) is 2.24. The molecule has 1 aromatic carbocycles. The van der Waals surface area contributed by atoms with Crippen molar-refractivity contribution in [2.45, 2.75) is 20.8 Å². The molecule has 0 N–H and O–H groups in total. The Morgan fingerprint density at radius 2 is 1.94 bits per heavy atom. The van der Waals surface area contributed by atoms with Crippen molar-refractivity contribution in [3.8, 4) is 0 Å². The topological polar surface area (TPSA) is 3.24 Å². The summed E-state index contributed by atoms with van der Waals surface area (Å²) in [5.74, 6) is 0.528. The second kappa shape index (κ2) is 4.02. The molecule has 3 heteroatoms. The van der Waals surface area contributed by atoms with Gasteiger partial charge in [0.15, 0.2) is 0 Å². The van der Waals surface area contributed by atoms with Crippen LogP contribution in [0, 0.1) is 17.2 Å². The van der Waals surface area contributed by atoms with Crippen molar-refractivity contribution in [1.82, 2.24) is 0 Å². The summed E-state index contributed by atoms with van der Waals surface area (Å²) in [6.45, 7) is 8.82. The van der Waals surface area contributed by atoms with Crippen LogP contribution < -0.4 is 4.90 Å². The lowest BCUT2D eigenvalue weighted by atomic mass is 9.76. The van der Waals surface area contributed by atoms with Crippen molar-refractivity contribution in [1.29, 1.82) is 0 Å². The molecule has 0 aliphatic carbocycles. The van der Waals surface area contributed by atoms with E-state index in [1.54, 1.807) is 12.1 Å². The summed E-state index contributed by atoms with van der Waals surface area (Å²) in [6.07, 6.45) is 0. The second-order valence-electron chi connectivity index (χ2n) is 5.56. The normalized spacial score (nSPS) is 17.4. The molecule has 0 bridgehead atoms. The molecule has 88 valence electrons. The number of benzene rings is 1. The molecule has 0 saturated carbocycles. The molecule has 1 heterocycles. The van der Waals surface area contributed by atoms with E-state index in [9.17, 15) is 4.39 Å². The Morgan fingerprint density at radius 3 is 2.50 bits per heavy atom. The summed E-state index contributed by atoms with van der Waals surface area (Å²) >= 11 is 3.47. The number of rotatable bonds is 1. The standard InChI is InChI=1S/C13H17BrFN/c1-13(2,3)9-7-16(8-9)12-6-10(15)4-5-11(12)14/h4-6,9H,7-8H2,1-3H3. The predicted molar refractivity (Wildman–Crippen MR) is 69.3 cm³/mol. The highest BCUT2D eigenvalue weighted by Gasteiger charge is 2.36. The Kier molecular flexibility index (Phi) is 2.99. The Bertz CT molecular complexity index is 391. The lowest BCUT2D eigenvalue weighted by Crippen LogP contribution is -2.52. The fourth-order valence-electron chi connectivity index (χ4n) is 1.95. The van der Waals surface area contributed by atoms with Gasteiger partial charge in [0.1, 0.15) is 5.82 Å². The van der Waals surface area contributed by atoms with Gasteiger partial charge >= 0.3 is 0 Å². The Hall–Kier alpha value is -0.570. The van der Waals surface area contributed by atoms with Gasteiger partial charge in [-0.15, -0.1) is 0 Å². The van der Waals surface area contributed by atoms with Gasteiger partial charge in [0.25, 0.3) is 0 Å². The summed E-state index contributed by atoms with van der Waals surface area (Å²) < 4.78 is 14.1. The Morgan fingerprint density at radius 1 is 1.31 bits per heavy atom. The third-order valence-electron chi connectivity index (χ3n) is 3.36. The maximum Gasteiger partial charge on any atom is 0.125 e. The van der Waals surface area contributed by atoms with E-state index in [0.29, 0.717) is 11.3 Å². The maximum absolute atomic E-state index is 13.2. The largest absolute Gasteiger partial charge is 0.370 e. The van der Waals surface area contributed by atoms with E-state index in [1.807, 2.05) is 0 Å². The fraction of sp³-hybridized carbons (Fsp3) is 0.538. The number of halogens is 2. The zero-order valence-corrected chi connectivity index (χ0v) is 11.5. The molecule has 0 spiro atoms. The molecule has 0 radical (unpaired) electrons. The summed E-state index contributed by atoms with van der Waals surface area (Å²) in [7, 11) is 0. The molecule has 1 aliphatic rings. The van der Waals surface area contributed by atoms with Crippen LogP contribution in [0.1, 0.15) is 20.8 Å². The van der Waals surface area contributed by atoms with Crippen LogP contribution >= 0.6 is 15.9 Å². The third-order valence-corrected chi connectivity index (χ3v) is 4.03. The highest BCUT2D eigenvalue weighted by atomic mass is 79.9. The summed E-state index contributed by atoms with van der Waals surface area (Å²) in [5, 5.41) is 0. The Labute approximate surface area is 105 Å². The SMILES string of the molecule is CC(C)(C)C1CN(c2cc(F)ccc2Br)C1. The van der Waals surface area contributed by atoms with E-state index in [2.05, 4.69) is 41.6 Å². The zero-order chi connectivity index (χ0) is 11.9. The number of hydrogen-bond acceptors (Lipinski definition) is 1. The van der Waals surface area contributed by atoms with Crippen molar-refractivity contribution < 1.29 is 4.39 Å². The van der Waals surface area contributed by atoms with Gasteiger partial charge in [-0.1, -0.05) is 20.8 Å². The van der Waals surface area contributed by atoms with Crippen LogP contribution in [0.25, 0.3) is 0 Å². The van der Waals surface area contributed by atoms with Gasteiger partial charge < -0.3 is 4.90 Å². The van der Waals surface area contributed by atoms with Gasteiger partial charge in [-0.3, -0.25) is 0 Å². The smallest absolute Gasteiger partial charge is 0.125 e. The molecule has 1 fully saturated rings. The maximum atomic E-state index is 13.2. The molecule has 1 saturated heterocycles. The first-order chi connectivity index (χ1) is 7.38. The van der Waals surface area contributed by atoms with Crippen LogP contribution in [0.3, 0.4) is 0 Å². The van der Waals surface area contributed by atoms with Gasteiger partial charge in [-0.25, -0.2) is 4.39 Å². The van der Waals surface area contributed by atoms with Crippen LogP contribution in [-0.2, 0) is 0 Å². The van der Waals surface area contributed by atoms with Crippen LogP contribution in [0.5, 0.6) is 0 Å². The lowest BCUT2D eigenvalue weighted by Gasteiger charge is -2.47. The van der Waals surface area contributed by atoms with Gasteiger partial charge in [0.2, 0.25) is 0 Å². The summed E-state index contributed by atoms with van der Waals surface area (Å²) in [6, 6.07) is 4.85.